The molecule has 1 aliphatic rings. The zero-order valence-corrected chi connectivity index (χ0v) is 15.0. The maximum Gasteiger partial charge on any atom is 0.255 e. The zero-order chi connectivity index (χ0) is 18.6. The minimum absolute atomic E-state index is 0.149. The van der Waals surface area contributed by atoms with Gasteiger partial charge in [-0.1, -0.05) is 18.2 Å². The number of ether oxygens (including phenoxy) is 1. The summed E-state index contributed by atoms with van der Waals surface area (Å²) < 4.78 is 32.0. The molecule has 8 heteroatoms. The fourth-order valence-corrected chi connectivity index (χ4v) is 4.12. The highest BCUT2D eigenvalue weighted by Crippen LogP contribution is 2.21. The number of carbonyl (C=O) groups excluding carboxylic acids is 1. The SMILES string of the molecule is NCc1ccc(C(=O)Nc2cccc(S(=O)(=O)N3CCOCC3)c2)cc1. The third-order valence-electron chi connectivity index (χ3n) is 4.15. The van der Waals surface area contributed by atoms with Gasteiger partial charge in [-0.3, -0.25) is 4.79 Å². The first kappa shape index (κ1) is 18.5. The van der Waals surface area contributed by atoms with Gasteiger partial charge in [0.15, 0.2) is 0 Å². The first-order valence-electron chi connectivity index (χ1n) is 8.29. The second-order valence-electron chi connectivity index (χ2n) is 5.90. The molecular weight excluding hydrogens is 354 g/mol. The number of morpholine rings is 1. The lowest BCUT2D eigenvalue weighted by Gasteiger charge is -2.26. The first-order chi connectivity index (χ1) is 12.5. The maximum atomic E-state index is 12.7. The van der Waals surface area contributed by atoms with E-state index in [1.54, 1.807) is 36.4 Å². The molecule has 0 saturated carbocycles. The van der Waals surface area contributed by atoms with Gasteiger partial charge < -0.3 is 15.8 Å². The number of sulfonamides is 1. The normalized spacial score (nSPS) is 15.6. The Balaban J connectivity index is 1.77. The van der Waals surface area contributed by atoms with E-state index in [-0.39, 0.29) is 10.8 Å². The Labute approximate surface area is 152 Å². The summed E-state index contributed by atoms with van der Waals surface area (Å²) >= 11 is 0. The van der Waals surface area contributed by atoms with Crippen molar-refractivity contribution in [3.8, 4) is 0 Å². The van der Waals surface area contributed by atoms with Crippen molar-refractivity contribution >= 4 is 21.6 Å². The second kappa shape index (κ2) is 7.96. The molecule has 0 unspecified atom stereocenters. The van der Waals surface area contributed by atoms with Crippen molar-refractivity contribution in [3.63, 3.8) is 0 Å². The molecule has 1 aliphatic heterocycles. The summed E-state index contributed by atoms with van der Waals surface area (Å²) in [6, 6.07) is 13.2. The predicted molar refractivity (Wildman–Crippen MR) is 98.3 cm³/mol. The first-order valence-corrected chi connectivity index (χ1v) is 9.73. The summed E-state index contributed by atoms with van der Waals surface area (Å²) in [5, 5.41) is 2.73. The molecule has 3 N–H and O–H groups in total. The number of anilines is 1. The van der Waals surface area contributed by atoms with Crippen LogP contribution in [0.15, 0.2) is 53.4 Å². The Kier molecular flexibility index (Phi) is 5.67. The average molecular weight is 375 g/mol. The molecule has 1 heterocycles. The lowest BCUT2D eigenvalue weighted by Crippen LogP contribution is -2.40. The molecule has 0 spiro atoms. The van der Waals surface area contributed by atoms with E-state index in [1.165, 1.54) is 16.4 Å². The number of benzene rings is 2. The molecule has 0 aromatic heterocycles. The van der Waals surface area contributed by atoms with Gasteiger partial charge in [0.25, 0.3) is 5.91 Å². The van der Waals surface area contributed by atoms with Crippen LogP contribution in [0.25, 0.3) is 0 Å². The summed E-state index contributed by atoms with van der Waals surface area (Å²) in [5.41, 5.74) is 7.38. The van der Waals surface area contributed by atoms with Crippen LogP contribution in [0.4, 0.5) is 5.69 Å². The Morgan fingerprint density at radius 2 is 1.81 bits per heavy atom. The molecule has 0 radical (unpaired) electrons. The van der Waals surface area contributed by atoms with E-state index in [2.05, 4.69) is 5.32 Å². The summed E-state index contributed by atoms with van der Waals surface area (Å²) in [6.07, 6.45) is 0. The van der Waals surface area contributed by atoms with Crippen LogP contribution in [0, 0.1) is 0 Å². The monoisotopic (exact) mass is 375 g/mol. The summed E-state index contributed by atoms with van der Waals surface area (Å²) in [5.74, 6) is -0.311. The Bertz CT molecular complexity index is 876. The van der Waals surface area contributed by atoms with Crippen LogP contribution in [-0.4, -0.2) is 44.9 Å². The number of carbonyl (C=O) groups is 1. The van der Waals surface area contributed by atoms with Crippen LogP contribution in [0.5, 0.6) is 0 Å². The minimum atomic E-state index is -3.61. The van der Waals surface area contributed by atoms with Crippen LogP contribution in [0.3, 0.4) is 0 Å². The molecule has 1 saturated heterocycles. The Morgan fingerprint density at radius 1 is 1.12 bits per heavy atom. The van der Waals surface area contributed by atoms with E-state index in [0.717, 1.165) is 5.56 Å². The number of nitrogens with two attached hydrogens (primary N) is 1. The highest BCUT2D eigenvalue weighted by atomic mass is 32.2. The summed E-state index contributed by atoms with van der Waals surface area (Å²) in [7, 11) is -3.61. The van der Waals surface area contributed by atoms with Gasteiger partial charge >= 0.3 is 0 Å². The smallest absolute Gasteiger partial charge is 0.255 e. The average Bonchev–Trinajstić information content (AvgIpc) is 2.69. The van der Waals surface area contributed by atoms with Gasteiger partial charge in [-0.2, -0.15) is 4.31 Å². The lowest BCUT2D eigenvalue weighted by molar-refractivity contribution is 0.0730. The van der Waals surface area contributed by atoms with E-state index >= 15 is 0 Å². The quantitative estimate of drug-likeness (QED) is 0.823. The molecular formula is C18H21N3O4S. The van der Waals surface area contributed by atoms with Gasteiger partial charge in [-0.05, 0) is 35.9 Å². The van der Waals surface area contributed by atoms with Crippen molar-refractivity contribution in [3.05, 3.63) is 59.7 Å². The van der Waals surface area contributed by atoms with E-state index in [9.17, 15) is 13.2 Å². The van der Waals surface area contributed by atoms with Crippen LogP contribution in [0.2, 0.25) is 0 Å². The van der Waals surface area contributed by atoms with Gasteiger partial charge in [-0.15, -0.1) is 0 Å². The molecule has 138 valence electrons. The topological polar surface area (TPSA) is 102 Å². The third kappa shape index (κ3) is 4.10. The number of hydrogen-bond donors (Lipinski definition) is 2. The molecule has 3 rings (SSSR count). The van der Waals surface area contributed by atoms with E-state index in [4.69, 9.17) is 10.5 Å². The lowest BCUT2D eigenvalue weighted by atomic mass is 10.1. The van der Waals surface area contributed by atoms with Crippen molar-refractivity contribution < 1.29 is 17.9 Å². The largest absolute Gasteiger partial charge is 0.379 e. The van der Waals surface area contributed by atoms with E-state index in [0.29, 0.717) is 44.1 Å². The zero-order valence-electron chi connectivity index (χ0n) is 14.2. The van der Waals surface area contributed by atoms with Crippen LogP contribution in [-0.2, 0) is 21.3 Å². The highest BCUT2D eigenvalue weighted by molar-refractivity contribution is 7.89. The van der Waals surface area contributed by atoms with Crippen LogP contribution < -0.4 is 11.1 Å². The number of amides is 1. The van der Waals surface area contributed by atoms with Crippen LogP contribution >= 0.6 is 0 Å². The van der Waals surface area contributed by atoms with Gasteiger partial charge in [0.05, 0.1) is 18.1 Å². The Hall–Kier alpha value is -2.26. The number of hydrogen-bond acceptors (Lipinski definition) is 5. The fourth-order valence-electron chi connectivity index (χ4n) is 2.67. The second-order valence-corrected chi connectivity index (χ2v) is 7.84. The van der Waals surface area contributed by atoms with Gasteiger partial charge in [0.2, 0.25) is 10.0 Å². The molecule has 0 atom stereocenters. The van der Waals surface area contributed by atoms with Crippen molar-refractivity contribution in [1.82, 2.24) is 4.31 Å². The molecule has 0 aliphatic carbocycles. The number of nitrogens with zero attached hydrogens (tertiary/aromatic N) is 1. The molecule has 2 aromatic rings. The van der Waals surface area contributed by atoms with Crippen molar-refractivity contribution in [2.24, 2.45) is 5.73 Å². The van der Waals surface area contributed by atoms with Gasteiger partial charge in [0, 0.05) is 30.9 Å². The number of rotatable bonds is 5. The van der Waals surface area contributed by atoms with E-state index < -0.39 is 10.0 Å². The summed E-state index contributed by atoms with van der Waals surface area (Å²) in [6.45, 7) is 1.82. The Morgan fingerprint density at radius 3 is 2.46 bits per heavy atom. The third-order valence-corrected chi connectivity index (χ3v) is 6.05. The van der Waals surface area contributed by atoms with Crippen molar-refractivity contribution in [2.45, 2.75) is 11.4 Å². The molecule has 7 nitrogen and oxygen atoms in total. The molecule has 0 bridgehead atoms. The van der Waals surface area contributed by atoms with Crippen molar-refractivity contribution in [1.29, 1.82) is 0 Å². The molecule has 1 fully saturated rings. The summed E-state index contributed by atoms with van der Waals surface area (Å²) in [4.78, 5) is 12.5. The molecule has 2 aromatic carbocycles. The number of nitrogens with one attached hydrogen (secondary N) is 1. The van der Waals surface area contributed by atoms with Gasteiger partial charge in [0.1, 0.15) is 0 Å². The molecule has 1 amide bonds. The maximum absolute atomic E-state index is 12.7. The minimum Gasteiger partial charge on any atom is -0.379 e. The highest BCUT2D eigenvalue weighted by Gasteiger charge is 2.26. The standard InChI is InChI=1S/C18H21N3O4S/c19-13-14-4-6-15(7-5-14)18(22)20-16-2-1-3-17(12-16)26(23,24)21-8-10-25-11-9-21/h1-7,12H,8-11,13,19H2,(H,20,22). The van der Waals surface area contributed by atoms with Gasteiger partial charge in [-0.25, -0.2) is 8.42 Å². The van der Waals surface area contributed by atoms with Crippen molar-refractivity contribution in [2.75, 3.05) is 31.6 Å². The molecule has 26 heavy (non-hydrogen) atoms. The fraction of sp³-hybridized carbons (Fsp3) is 0.278. The van der Waals surface area contributed by atoms with E-state index in [1.807, 2.05) is 0 Å². The predicted octanol–water partition coefficient (Wildman–Crippen LogP) is 1.42. The van der Waals surface area contributed by atoms with Crippen LogP contribution in [0.1, 0.15) is 15.9 Å².